The van der Waals surface area contributed by atoms with Crippen LogP contribution in [0.1, 0.15) is 5.56 Å². The molecule has 0 amide bonds. The van der Waals surface area contributed by atoms with Crippen molar-refractivity contribution in [1.82, 2.24) is 9.97 Å². The van der Waals surface area contributed by atoms with Gasteiger partial charge in [-0.2, -0.15) is 5.26 Å². The lowest BCUT2D eigenvalue weighted by molar-refractivity contribution is 1.30. The summed E-state index contributed by atoms with van der Waals surface area (Å²) in [7, 11) is 0. The predicted molar refractivity (Wildman–Crippen MR) is 74.3 cm³/mol. The fourth-order valence-corrected chi connectivity index (χ4v) is 1.96. The number of aromatic amines is 1. The SMILES string of the molecule is N#CC(=Nc1cccnc1)c1c[nH]c2ccccc12. The largest absolute Gasteiger partial charge is 0.360 e. The summed E-state index contributed by atoms with van der Waals surface area (Å²) < 4.78 is 0. The number of aromatic nitrogens is 2. The number of rotatable bonds is 2. The van der Waals surface area contributed by atoms with E-state index in [9.17, 15) is 5.26 Å². The Hall–Kier alpha value is -2.93. The van der Waals surface area contributed by atoms with E-state index in [1.165, 1.54) is 0 Å². The van der Waals surface area contributed by atoms with E-state index in [2.05, 4.69) is 21.0 Å². The van der Waals surface area contributed by atoms with Crippen molar-refractivity contribution in [3.8, 4) is 6.07 Å². The molecule has 0 saturated heterocycles. The van der Waals surface area contributed by atoms with Gasteiger partial charge >= 0.3 is 0 Å². The van der Waals surface area contributed by atoms with E-state index in [0.29, 0.717) is 11.4 Å². The molecule has 0 radical (unpaired) electrons. The highest BCUT2D eigenvalue weighted by Crippen LogP contribution is 2.20. The number of nitrogens with zero attached hydrogens (tertiary/aromatic N) is 3. The molecule has 1 aromatic carbocycles. The van der Waals surface area contributed by atoms with Crippen molar-refractivity contribution >= 4 is 22.3 Å². The molecule has 4 nitrogen and oxygen atoms in total. The molecule has 0 aliphatic heterocycles. The zero-order valence-electron chi connectivity index (χ0n) is 10.0. The highest BCUT2D eigenvalue weighted by Gasteiger charge is 2.09. The molecule has 2 heterocycles. The number of hydrogen-bond acceptors (Lipinski definition) is 3. The highest BCUT2D eigenvalue weighted by molar-refractivity contribution is 6.19. The van der Waals surface area contributed by atoms with Crippen LogP contribution in [0.3, 0.4) is 0 Å². The standard InChI is InChI=1S/C15H10N4/c16-8-15(19-11-4-3-7-17-9-11)13-10-18-14-6-2-1-5-12(13)14/h1-7,9-10,18H. The van der Waals surface area contributed by atoms with Crippen LogP contribution >= 0.6 is 0 Å². The lowest BCUT2D eigenvalue weighted by Crippen LogP contribution is -1.95. The third-order valence-corrected chi connectivity index (χ3v) is 2.84. The lowest BCUT2D eigenvalue weighted by atomic mass is 10.1. The molecule has 90 valence electrons. The van der Waals surface area contributed by atoms with Gasteiger partial charge in [0.2, 0.25) is 0 Å². The minimum atomic E-state index is 0.380. The minimum Gasteiger partial charge on any atom is -0.360 e. The molecule has 0 atom stereocenters. The van der Waals surface area contributed by atoms with Gasteiger partial charge in [-0.1, -0.05) is 18.2 Å². The Labute approximate surface area is 110 Å². The second-order valence-electron chi connectivity index (χ2n) is 4.03. The van der Waals surface area contributed by atoms with E-state index in [4.69, 9.17) is 0 Å². The Morgan fingerprint density at radius 1 is 1.21 bits per heavy atom. The smallest absolute Gasteiger partial charge is 0.150 e. The van der Waals surface area contributed by atoms with Crippen molar-refractivity contribution < 1.29 is 0 Å². The van der Waals surface area contributed by atoms with Crippen LogP contribution in [0.15, 0.2) is 60.0 Å². The number of aliphatic imine (C=N–C) groups is 1. The molecule has 2 aromatic heterocycles. The van der Waals surface area contributed by atoms with Crippen LogP contribution < -0.4 is 0 Å². The number of benzene rings is 1. The molecule has 0 bridgehead atoms. The molecular formula is C15H10N4. The van der Waals surface area contributed by atoms with Crippen LogP contribution in [-0.4, -0.2) is 15.7 Å². The first-order chi connectivity index (χ1) is 9.38. The monoisotopic (exact) mass is 246 g/mol. The third-order valence-electron chi connectivity index (χ3n) is 2.84. The number of fused-ring (bicyclic) bond motifs is 1. The van der Waals surface area contributed by atoms with Crippen molar-refractivity contribution in [2.75, 3.05) is 0 Å². The van der Waals surface area contributed by atoms with Crippen molar-refractivity contribution in [3.05, 3.63) is 60.6 Å². The van der Waals surface area contributed by atoms with Gasteiger partial charge in [-0.3, -0.25) is 4.98 Å². The second kappa shape index (κ2) is 4.75. The Kier molecular flexibility index (Phi) is 2.79. The van der Waals surface area contributed by atoms with Crippen molar-refractivity contribution in [2.24, 2.45) is 4.99 Å². The molecule has 3 rings (SSSR count). The summed E-state index contributed by atoms with van der Waals surface area (Å²) in [6.07, 6.45) is 5.12. The maximum absolute atomic E-state index is 9.30. The van der Waals surface area contributed by atoms with Gasteiger partial charge in [0.05, 0.1) is 11.9 Å². The normalized spacial score (nSPS) is 11.4. The third kappa shape index (κ3) is 2.09. The first kappa shape index (κ1) is 11.2. The van der Waals surface area contributed by atoms with Crippen molar-refractivity contribution in [2.45, 2.75) is 0 Å². The zero-order chi connectivity index (χ0) is 13.1. The first-order valence-electron chi connectivity index (χ1n) is 5.84. The van der Waals surface area contributed by atoms with Gasteiger partial charge in [0.25, 0.3) is 0 Å². The maximum atomic E-state index is 9.30. The average molecular weight is 246 g/mol. The molecule has 0 unspecified atom stereocenters. The number of pyridine rings is 1. The highest BCUT2D eigenvalue weighted by atomic mass is 14.8. The van der Waals surface area contributed by atoms with Crippen LogP contribution in [0, 0.1) is 11.3 Å². The molecular weight excluding hydrogens is 236 g/mol. The van der Waals surface area contributed by atoms with Crippen LogP contribution in [0.25, 0.3) is 10.9 Å². The molecule has 0 spiro atoms. The molecule has 0 saturated carbocycles. The van der Waals surface area contributed by atoms with Crippen LogP contribution in [0.2, 0.25) is 0 Å². The van der Waals surface area contributed by atoms with Crippen LogP contribution in [-0.2, 0) is 0 Å². The molecule has 0 fully saturated rings. The van der Waals surface area contributed by atoms with Crippen LogP contribution in [0.4, 0.5) is 5.69 Å². The molecule has 1 N–H and O–H groups in total. The summed E-state index contributed by atoms with van der Waals surface area (Å²) in [4.78, 5) is 11.5. The van der Waals surface area contributed by atoms with Gasteiger partial charge in [0.1, 0.15) is 6.07 Å². The quantitative estimate of drug-likeness (QED) is 0.705. The number of hydrogen-bond donors (Lipinski definition) is 1. The fourth-order valence-electron chi connectivity index (χ4n) is 1.96. The lowest BCUT2D eigenvalue weighted by Gasteiger charge is -1.97. The topological polar surface area (TPSA) is 64.8 Å². The Morgan fingerprint density at radius 2 is 2.11 bits per heavy atom. The summed E-state index contributed by atoms with van der Waals surface area (Å²) in [6, 6.07) is 13.6. The second-order valence-corrected chi connectivity index (χ2v) is 4.03. The Morgan fingerprint density at radius 3 is 2.89 bits per heavy atom. The average Bonchev–Trinajstić information content (AvgIpc) is 2.90. The Bertz CT molecular complexity index is 779. The van der Waals surface area contributed by atoms with Gasteiger partial charge in [0.15, 0.2) is 5.71 Å². The maximum Gasteiger partial charge on any atom is 0.150 e. The van der Waals surface area contributed by atoms with E-state index in [1.807, 2.05) is 36.5 Å². The number of H-pyrrole nitrogens is 1. The van der Waals surface area contributed by atoms with E-state index in [0.717, 1.165) is 16.5 Å². The van der Waals surface area contributed by atoms with Gasteiger partial charge < -0.3 is 4.98 Å². The summed E-state index contributed by atoms with van der Waals surface area (Å²) in [5, 5.41) is 10.3. The summed E-state index contributed by atoms with van der Waals surface area (Å²) in [5.41, 5.74) is 2.85. The minimum absolute atomic E-state index is 0.380. The van der Waals surface area contributed by atoms with Crippen LogP contribution in [0.5, 0.6) is 0 Å². The van der Waals surface area contributed by atoms with Crippen molar-refractivity contribution in [3.63, 3.8) is 0 Å². The number of para-hydroxylation sites is 1. The summed E-state index contributed by atoms with van der Waals surface area (Å²) >= 11 is 0. The molecule has 0 aliphatic rings. The van der Waals surface area contributed by atoms with E-state index >= 15 is 0 Å². The summed E-state index contributed by atoms with van der Waals surface area (Å²) in [5.74, 6) is 0. The zero-order valence-corrected chi connectivity index (χ0v) is 10.0. The molecule has 0 aliphatic carbocycles. The van der Waals surface area contributed by atoms with Crippen molar-refractivity contribution in [1.29, 1.82) is 5.26 Å². The van der Waals surface area contributed by atoms with Gasteiger partial charge in [-0.05, 0) is 18.2 Å². The summed E-state index contributed by atoms with van der Waals surface area (Å²) in [6.45, 7) is 0. The van der Waals surface area contributed by atoms with Gasteiger partial charge in [-0.25, -0.2) is 4.99 Å². The molecule has 3 aromatic rings. The van der Waals surface area contributed by atoms with E-state index < -0.39 is 0 Å². The number of nitriles is 1. The Balaban J connectivity index is 2.14. The van der Waals surface area contributed by atoms with E-state index in [-0.39, 0.29) is 0 Å². The molecule has 4 heteroatoms. The molecule has 19 heavy (non-hydrogen) atoms. The first-order valence-corrected chi connectivity index (χ1v) is 5.84. The van der Waals surface area contributed by atoms with Gasteiger partial charge in [-0.15, -0.1) is 0 Å². The fraction of sp³-hybridized carbons (Fsp3) is 0. The number of nitrogens with one attached hydrogen (secondary N) is 1. The van der Waals surface area contributed by atoms with E-state index in [1.54, 1.807) is 18.5 Å². The van der Waals surface area contributed by atoms with Gasteiger partial charge in [0, 0.05) is 28.9 Å². The predicted octanol–water partition coefficient (Wildman–Crippen LogP) is 3.21.